The van der Waals surface area contributed by atoms with Crippen LogP contribution in [-0.4, -0.2) is 24.6 Å². The Morgan fingerprint density at radius 2 is 1.82 bits per heavy atom. The summed E-state index contributed by atoms with van der Waals surface area (Å²) in [6.45, 7) is 4.31. The molecule has 2 amide bonds. The van der Waals surface area contributed by atoms with Gasteiger partial charge in [-0.05, 0) is 24.3 Å². The van der Waals surface area contributed by atoms with Gasteiger partial charge in [-0.2, -0.15) is 0 Å². The molecule has 1 aliphatic carbocycles. The van der Waals surface area contributed by atoms with Gasteiger partial charge in [0.05, 0.1) is 5.92 Å². The average molecular weight is 293 g/mol. The normalized spacial score (nSPS) is 28.6. The molecule has 2 aliphatic rings. The van der Waals surface area contributed by atoms with Gasteiger partial charge in [-0.1, -0.05) is 56.3 Å². The van der Waals surface area contributed by atoms with E-state index in [9.17, 15) is 9.59 Å². The quantitative estimate of drug-likeness (QED) is 0.488. The second kappa shape index (κ2) is 5.42. The first-order valence-corrected chi connectivity index (χ1v) is 7.79. The third kappa shape index (κ3) is 2.41. The first-order valence-electron chi connectivity index (χ1n) is 7.79. The second-order valence-corrected chi connectivity index (χ2v) is 6.87. The Morgan fingerprint density at radius 1 is 1.14 bits per heavy atom. The van der Waals surface area contributed by atoms with E-state index in [0.717, 1.165) is 17.7 Å². The Labute approximate surface area is 132 Å². The molecule has 1 aromatic carbocycles. The minimum Gasteiger partial charge on any atom is -0.340 e. The second-order valence-electron chi connectivity index (χ2n) is 6.87. The molecule has 2 fully saturated rings. The van der Waals surface area contributed by atoms with Gasteiger partial charge in [0.25, 0.3) is 0 Å². The average Bonchev–Trinajstić information content (AvgIpc) is 3.03. The summed E-state index contributed by atoms with van der Waals surface area (Å²) in [7, 11) is 5.56. The molecule has 0 spiro atoms. The molecule has 22 heavy (non-hydrogen) atoms. The van der Waals surface area contributed by atoms with Gasteiger partial charge in [-0.3, -0.25) is 9.59 Å². The number of hydrogen-bond donors (Lipinski definition) is 0. The van der Waals surface area contributed by atoms with Gasteiger partial charge in [0.1, 0.15) is 0 Å². The highest BCUT2D eigenvalue weighted by Crippen LogP contribution is 2.44. The lowest BCUT2D eigenvalue weighted by Crippen LogP contribution is -2.29. The highest BCUT2D eigenvalue weighted by atomic mass is 16.2. The molecule has 1 heterocycles. The Balaban J connectivity index is 1.79. The monoisotopic (exact) mass is 293 g/mol. The molecule has 112 valence electrons. The minimum atomic E-state index is -0.264. The van der Waals surface area contributed by atoms with Crippen LogP contribution in [0, 0.1) is 17.8 Å². The standard InChI is InChI=1S/C18H20BNO2/c1-18(2,13-6-4-3-5-7-13)11-10-12-8-9-14-15(12)17(22)20(19)16(14)21/h3-7,10-12,14-15H,8-9H2,1-2H3/b11-10+. The topological polar surface area (TPSA) is 37.4 Å². The van der Waals surface area contributed by atoms with Crippen molar-refractivity contribution in [2.24, 2.45) is 17.8 Å². The predicted molar refractivity (Wildman–Crippen MR) is 85.9 cm³/mol. The first kappa shape index (κ1) is 15.1. The van der Waals surface area contributed by atoms with Crippen LogP contribution in [-0.2, 0) is 15.0 Å². The van der Waals surface area contributed by atoms with Crippen LogP contribution < -0.4 is 0 Å². The zero-order chi connectivity index (χ0) is 15.9. The zero-order valence-electron chi connectivity index (χ0n) is 13.0. The summed E-state index contributed by atoms with van der Waals surface area (Å²) in [6.07, 6.45) is 5.90. The lowest BCUT2D eigenvalue weighted by Gasteiger charge is -2.22. The van der Waals surface area contributed by atoms with Crippen molar-refractivity contribution in [3.8, 4) is 0 Å². The van der Waals surface area contributed by atoms with E-state index in [1.54, 1.807) is 0 Å². The maximum absolute atomic E-state index is 12.1. The molecule has 1 saturated carbocycles. The molecule has 1 saturated heterocycles. The van der Waals surface area contributed by atoms with Crippen LogP contribution in [0.3, 0.4) is 0 Å². The number of fused-ring (bicyclic) bond motifs is 1. The van der Waals surface area contributed by atoms with E-state index in [1.165, 1.54) is 5.56 Å². The molecule has 0 N–H and O–H groups in total. The van der Waals surface area contributed by atoms with Crippen LogP contribution in [0.2, 0.25) is 0 Å². The fourth-order valence-corrected chi connectivity index (χ4v) is 3.65. The number of hydrogen-bond acceptors (Lipinski definition) is 2. The van der Waals surface area contributed by atoms with Crippen molar-refractivity contribution in [3.63, 3.8) is 0 Å². The van der Waals surface area contributed by atoms with Crippen LogP contribution in [0.5, 0.6) is 0 Å². The van der Waals surface area contributed by atoms with Gasteiger partial charge in [0.2, 0.25) is 19.8 Å². The molecular formula is C18H20BNO2. The van der Waals surface area contributed by atoms with Crippen LogP contribution in [0.1, 0.15) is 32.3 Å². The van der Waals surface area contributed by atoms with Crippen molar-refractivity contribution in [1.29, 1.82) is 0 Å². The largest absolute Gasteiger partial charge is 0.340 e. The molecule has 2 radical (unpaired) electrons. The maximum atomic E-state index is 12.1. The zero-order valence-corrected chi connectivity index (χ0v) is 13.0. The highest BCUT2D eigenvalue weighted by Gasteiger charge is 2.51. The Hall–Kier alpha value is -1.84. The number of carbonyl (C=O) groups excluding carboxylic acids is 2. The Kier molecular flexibility index (Phi) is 3.71. The molecule has 4 heteroatoms. The van der Waals surface area contributed by atoms with Crippen molar-refractivity contribution in [2.45, 2.75) is 32.1 Å². The summed E-state index contributed by atoms with van der Waals surface area (Å²) < 4.78 is 0. The van der Waals surface area contributed by atoms with Crippen LogP contribution in [0.25, 0.3) is 0 Å². The summed E-state index contributed by atoms with van der Waals surface area (Å²) in [5, 5.41) is 0. The summed E-state index contributed by atoms with van der Waals surface area (Å²) in [6, 6.07) is 10.3. The van der Waals surface area contributed by atoms with Gasteiger partial charge in [0, 0.05) is 11.3 Å². The molecule has 3 atom stereocenters. The molecular weight excluding hydrogens is 273 g/mol. The van der Waals surface area contributed by atoms with Gasteiger partial charge in [-0.15, -0.1) is 0 Å². The van der Waals surface area contributed by atoms with Gasteiger partial charge in [0.15, 0.2) is 0 Å². The van der Waals surface area contributed by atoms with Crippen LogP contribution in [0.15, 0.2) is 42.5 Å². The lowest BCUT2D eigenvalue weighted by molar-refractivity contribution is -0.134. The summed E-state index contributed by atoms with van der Waals surface area (Å²) in [5.74, 6) is -0.807. The Bertz CT molecular complexity index is 623. The van der Waals surface area contributed by atoms with Gasteiger partial charge in [-0.25, -0.2) is 0 Å². The minimum absolute atomic E-state index is 0.104. The fourth-order valence-electron chi connectivity index (χ4n) is 3.65. The van der Waals surface area contributed by atoms with E-state index in [-0.39, 0.29) is 35.0 Å². The van der Waals surface area contributed by atoms with E-state index in [4.69, 9.17) is 7.98 Å². The van der Waals surface area contributed by atoms with E-state index >= 15 is 0 Å². The molecule has 0 aromatic heterocycles. The van der Waals surface area contributed by atoms with E-state index < -0.39 is 0 Å². The summed E-state index contributed by atoms with van der Waals surface area (Å²) >= 11 is 0. The maximum Gasteiger partial charge on any atom is 0.242 e. The van der Waals surface area contributed by atoms with Crippen molar-refractivity contribution < 1.29 is 9.59 Å². The van der Waals surface area contributed by atoms with E-state index in [2.05, 4.69) is 38.1 Å². The van der Waals surface area contributed by atoms with E-state index in [0.29, 0.717) is 0 Å². The summed E-state index contributed by atoms with van der Waals surface area (Å²) in [4.78, 5) is 24.9. The SMILES string of the molecule is [B]N1C(=O)C2CCC(/C=C/C(C)(C)c3ccccc3)C2C1=O. The molecule has 3 unspecified atom stereocenters. The van der Waals surface area contributed by atoms with Crippen molar-refractivity contribution >= 4 is 19.8 Å². The third-order valence-corrected chi connectivity index (χ3v) is 5.06. The molecule has 1 aromatic rings. The molecule has 3 rings (SSSR count). The summed E-state index contributed by atoms with van der Waals surface area (Å²) in [5.41, 5.74) is 1.13. The fraction of sp³-hybridized carbons (Fsp3) is 0.444. The lowest BCUT2D eigenvalue weighted by atomic mass is 9.82. The van der Waals surface area contributed by atoms with Crippen molar-refractivity contribution in [2.75, 3.05) is 0 Å². The highest BCUT2D eigenvalue weighted by molar-refractivity contribution is 6.28. The first-order chi connectivity index (χ1) is 10.4. The number of amides is 2. The van der Waals surface area contributed by atoms with Crippen molar-refractivity contribution in [1.82, 2.24) is 4.81 Å². The van der Waals surface area contributed by atoms with Gasteiger partial charge < -0.3 is 4.81 Å². The van der Waals surface area contributed by atoms with Gasteiger partial charge >= 0.3 is 0 Å². The smallest absolute Gasteiger partial charge is 0.242 e. The predicted octanol–water partition coefficient (Wildman–Crippen LogP) is 2.62. The number of nitrogens with zero attached hydrogens (tertiary/aromatic N) is 1. The third-order valence-electron chi connectivity index (χ3n) is 5.06. The number of imide groups is 1. The van der Waals surface area contributed by atoms with E-state index in [1.807, 2.05) is 18.2 Å². The van der Waals surface area contributed by atoms with Crippen LogP contribution in [0.4, 0.5) is 0 Å². The molecule has 3 nitrogen and oxygen atoms in total. The van der Waals surface area contributed by atoms with Crippen molar-refractivity contribution in [3.05, 3.63) is 48.0 Å². The van der Waals surface area contributed by atoms with Crippen LogP contribution >= 0.6 is 0 Å². The number of allylic oxidation sites excluding steroid dienone is 2. The number of rotatable bonds is 3. The number of carbonyl (C=O) groups is 2. The molecule has 0 bridgehead atoms. The number of benzene rings is 1. The Morgan fingerprint density at radius 3 is 2.50 bits per heavy atom. The molecule has 1 aliphatic heterocycles.